The van der Waals surface area contributed by atoms with Crippen LogP contribution in [-0.2, 0) is 0 Å². The van der Waals surface area contributed by atoms with Gasteiger partial charge in [0.25, 0.3) is 0 Å². The molecule has 154 valence electrons. The summed E-state index contributed by atoms with van der Waals surface area (Å²) in [6.07, 6.45) is 0.853. The Morgan fingerprint density at radius 3 is 2.70 bits per heavy atom. The molecule has 0 saturated heterocycles. The second kappa shape index (κ2) is 8.71. The number of fused-ring (bicyclic) bond motifs is 1. The van der Waals surface area contributed by atoms with Crippen LogP contribution in [0.1, 0.15) is 19.0 Å². The van der Waals surface area contributed by atoms with Crippen LogP contribution in [0, 0.1) is 6.92 Å². The van der Waals surface area contributed by atoms with Gasteiger partial charge in [-0.2, -0.15) is 0 Å². The molecule has 6 nitrogen and oxygen atoms in total. The second-order valence-electron chi connectivity index (χ2n) is 7.23. The van der Waals surface area contributed by atoms with Crippen molar-refractivity contribution in [3.05, 3.63) is 65.3 Å². The molecule has 1 aliphatic heterocycles. The average Bonchev–Trinajstić information content (AvgIpc) is 2.92. The third kappa shape index (κ3) is 4.24. The molecule has 0 atom stereocenters. The van der Waals surface area contributed by atoms with Gasteiger partial charge in [-0.15, -0.1) is 0 Å². The van der Waals surface area contributed by atoms with Crippen molar-refractivity contribution in [3.8, 4) is 11.3 Å². The summed E-state index contributed by atoms with van der Waals surface area (Å²) in [5.41, 5.74) is 3.50. The van der Waals surface area contributed by atoms with Crippen molar-refractivity contribution in [2.45, 2.75) is 20.3 Å². The largest absolute Gasteiger partial charge is 0.369 e. The van der Waals surface area contributed by atoms with E-state index < -0.39 is 0 Å². The molecule has 0 fully saturated rings. The lowest BCUT2D eigenvalue weighted by molar-refractivity contribution is 0.256. The molecule has 3 aromatic rings. The molecule has 7 heteroatoms. The number of amides is 2. The van der Waals surface area contributed by atoms with Gasteiger partial charge >= 0.3 is 6.03 Å². The molecule has 1 aromatic carbocycles. The minimum atomic E-state index is -0.233. The van der Waals surface area contributed by atoms with E-state index in [1.165, 1.54) is 0 Å². The highest BCUT2D eigenvalue weighted by Gasteiger charge is 2.26. The number of pyridine rings is 2. The van der Waals surface area contributed by atoms with Gasteiger partial charge < -0.3 is 4.90 Å². The van der Waals surface area contributed by atoms with Gasteiger partial charge in [-0.05, 0) is 56.7 Å². The highest BCUT2D eigenvalue weighted by molar-refractivity contribution is 6.30. The van der Waals surface area contributed by atoms with Crippen molar-refractivity contribution < 1.29 is 4.79 Å². The van der Waals surface area contributed by atoms with E-state index in [2.05, 4.69) is 22.1 Å². The molecule has 0 spiro atoms. The zero-order chi connectivity index (χ0) is 21.1. The van der Waals surface area contributed by atoms with Crippen LogP contribution < -0.4 is 15.1 Å². The smallest absolute Gasteiger partial charge is 0.328 e. The van der Waals surface area contributed by atoms with Crippen LogP contribution in [0.25, 0.3) is 11.3 Å². The monoisotopic (exact) mass is 421 g/mol. The number of hydrogen-bond acceptors (Lipinski definition) is 4. The Labute approximate surface area is 181 Å². The number of halogens is 1. The number of nitrogens with one attached hydrogen (secondary N) is 1. The second-order valence-corrected chi connectivity index (χ2v) is 7.67. The lowest BCUT2D eigenvalue weighted by Crippen LogP contribution is -2.36. The summed E-state index contributed by atoms with van der Waals surface area (Å²) in [6, 6.07) is 16.9. The summed E-state index contributed by atoms with van der Waals surface area (Å²) in [5, 5.41) is 3.57. The highest BCUT2D eigenvalue weighted by atomic mass is 35.5. The van der Waals surface area contributed by atoms with Crippen molar-refractivity contribution in [2.24, 2.45) is 0 Å². The lowest BCUT2D eigenvalue weighted by atomic mass is 10.1. The van der Waals surface area contributed by atoms with E-state index in [4.69, 9.17) is 16.6 Å². The highest BCUT2D eigenvalue weighted by Crippen LogP contribution is 2.34. The van der Waals surface area contributed by atoms with Crippen molar-refractivity contribution in [2.75, 3.05) is 34.8 Å². The van der Waals surface area contributed by atoms with Gasteiger partial charge in [0.1, 0.15) is 5.82 Å². The van der Waals surface area contributed by atoms with Gasteiger partial charge in [-0.1, -0.05) is 29.8 Å². The molecule has 0 radical (unpaired) electrons. The Balaban J connectivity index is 1.73. The van der Waals surface area contributed by atoms with Gasteiger partial charge in [-0.3, -0.25) is 10.2 Å². The van der Waals surface area contributed by atoms with Crippen LogP contribution in [0.3, 0.4) is 0 Å². The van der Waals surface area contributed by atoms with Gasteiger partial charge in [-0.25, -0.2) is 14.8 Å². The topological polar surface area (TPSA) is 61.4 Å². The van der Waals surface area contributed by atoms with Gasteiger partial charge in [0, 0.05) is 35.9 Å². The number of carbonyl (C=O) groups is 1. The first-order valence-corrected chi connectivity index (χ1v) is 10.5. The van der Waals surface area contributed by atoms with Crippen LogP contribution in [0.5, 0.6) is 0 Å². The average molecular weight is 422 g/mol. The fourth-order valence-corrected chi connectivity index (χ4v) is 3.85. The van der Waals surface area contributed by atoms with E-state index in [0.29, 0.717) is 23.2 Å². The summed E-state index contributed by atoms with van der Waals surface area (Å²) >= 11 is 6.17. The SMILES string of the molecule is CCN1CCCN(C(=O)Nc2cccc(C)n2)c2nc(-c3cccc(Cl)c3)ccc21. The summed E-state index contributed by atoms with van der Waals surface area (Å²) in [5.74, 6) is 1.18. The number of nitrogens with zero attached hydrogens (tertiary/aromatic N) is 4. The van der Waals surface area contributed by atoms with Gasteiger partial charge in [0.05, 0.1) is 11.4 Å². The quantitative estimate of drug-likeness (QED) is 0.617. The number of rotatable bonds is 3. The summed E-state index contributed by atoms with van der Waals surface area (Å²) < 4.78 is 0. The zero-order valence-electron chi connectivity index (χ0n) is 17.1. The predicted molar refractivity (Wildman–Crippen MR) is 123 cm³/mol. The van der Waals surface area contributed by atoms with E-state index in [0.717, 1.165) is 42.1 Å². The Morgan fingerprint density at radius 1 is 1.10 bits per heavy atom. The van der Waals surface area contributed by atoms with Crippen molar-refractivity contribution in [3.63, 3.8) is 0 Å². The summed E-state index contributed by atoms with van der Waals surface area (Å²) in [4.78, 5) is 26.4. The molecular weight excluding hydrogens is 398 g/mol. The molecule has 3 heterocycles. The van der Waals surface area contributed by atoms with Gasteiger partial charge in [0.15, 0.2) is 5.82 Å². The number of carbonyl (C=O) groups excluding carboxylic acids is 1. The predicted octanol–water partition coefficient (Wildman–Crippen LogP) is 5.37. The molecule has 1 aliphatic rings. The van der Waals surface area contributed by atoms with Crippen molar-refractivity contribution in [1.82, 2.24) is 9.97 Å². The third-order valence-corrected chi connectivity index (χ3v) is 5.37. The zero-order valence-corrected chi connectivity index (χ0v) is 17.9. The van der Waals surface area contributed by atoms with Crippen molar-refractivity contribution >= 4 is 35.0 Å². The molecule has 0 unspecified atom stereocenters. The molecule has 0 aliphatic carbocycles. The summed E-state index contributed by atoms with van der Waals surface area (Å²) in [6.45, 7) is 6.30. The van der Waals surface area contributed by atoms with E-state index in [1.807, 2.05) is 55.5 Å². The third-order valence-electron chi connectivity index (χ3n) is 5.13. The van der Waals surface area contributed by atoms with Crippen LogP contribution >= 0.6 is 11.6 Å². The number of aromatic nitrogens is 2. The molecule has 30 heavy (non-hydrogen) atoms. The number of aryl methyl sites for hydroxylation is 1. The summed E-state index contributed by atoms with van der Waals surface area (Å²) in [7, 11) is 0. The Morgan fingerprint density at radius 2 is 1.93 bits per heavy atom. The maximum atomic E-state index is 13.2. The number of anilines is 3. The molecular formula is C23H24ClN5O. The maximum absolute atomic E-state index is 13.2. The van der Waals surface area contributed by atoms with Crippen LogP contribution in [0.4, 0.5) is 22.1 Å². The minimum absolute atomic E-state index is 0.233. The molecule has 4 rings (SSSR count). The first-order chi connectivity index (χ1) is 14.5. The normalized spacial score (nSPS) is 13.6. The van der Waals surface area contributed by atoms with Crippen LogP contribution in [0.15, 0.2) is 54.6 Å². The van der Waals surface area contributed by atoms with E-state index in [-0.39, 0.29) is 6.03 Å². The van der Waals surface area contributed by atoms with E-state index in [1.54, 1.807) is 11.0 Å². The molecule has 0 saturated carbocycles. The number of hydrogen-bond donors (Lipinski definition) is 1. The van der Waals surface area contributed by atoms with E-state index >= 15 is 0 Å². The first-order valence-electron chi connectivity index (χ1n) is 10.1. The molecule has 0 bridgehead atoms. The standard InChI is InChI=1S/C23H24ClN5O/c1-3-28-13-6-14-29(23(30)27-21-10-4-7-16(2)25-21)22-20(28)12-11-19(26-22)17-8-5-9-18(24)15-17/h4-5,7-12,15H,3,6,13-14H2,1-2H3,(H,25,27,30). The number of benzene rings is 1. The van der Waals surface area contributed by atoms with E-state index in [9.17, 15) is 4.79 Å². The molecule has 2 aromatic heterocycles. The van der Waals surface area contributed by atoms with Gasteiger partial charge in [0.2, 0.25) is 0 Å². The lowest BCUT2D eigenvalue weighted by Gasteiger charge is -2.25. The Hall–Kier alpha value is -3.12. The van der Waals surface area contributed by atoms with Crippen molar-refractivity contribution in [1.29, 1.82) is 0 Å². The minimum Gasteiger partial charge on any atom is -0.369 e. The van der Waals surface area contributed by atoms with Crippen LogP contribution in [-0.4, -0.2) is 35.6 Å². The Kier molecular flexibility index (Phi) is 5.86. The Bertz CT molecular complexity index is 1070. The molecule has 1 N–H and O–H groups in total. The molecule has 2 amide bonds. The fourth-order valence-electron chi connectivity index (χ4n) is 3.66. The maximum Gasteiger partial charge on any atom is 0.328 e. The number of urea groups is 1. The first kappa shape index (κ1) is 20.2. The fraction of sp³-hybridized carbons (Fsp3) is 0.261. The van der Waals surface area contributed by atoms with Crippen LogP contribution in [0.2, 0.25) is 5.02 Å².